The number of carbonyl (C=O) groups is 2. The van der Waals surface area contributed by atoms with Crippen LogP contribution in [0.3, 0.4) is 0 Å². The molecule has 0 unspecified atom stereocenters. The zero-order valence-corrected chi connectivity index (χ0v) is 15.4. The average Bonchev–Trinajstić information content (AvgIpc) is 3.02. The second-order valence-electron chi connectivity index (χ2n) is 7.48. The maximum atomic E-state index is 12.9. The number of carbonyl (C=O) groups excluding carboxylic acids is 2. The van der Waals surface area contributed by atoms with Crippen molar-refractivity contribution < 1.29 is 14.3 Å². The van der Waals surface area contributed by atoms with E-state index in [1.807, 2.05) is 12.1 Å². The van der Waals surface area contributed by atoms with Crippen LogP contribution in [0.4, 0.5) is 4.79 Å². The van der Waals surface area contributed by atoms with Crippen LogP contribution >= 0.6 is 0 Å². The molecule has 26 heavy (non-hydrogen) atoms. The van der Waals surface area contributed by atoms with Gasteiger partial charge < -0.3 is 20.3 Å². The first kappa shape index (κ1) is 18.6. The zero-order valence-electron chi connectivity index (χ0n) is 15.4. The van der Waals surface area contributed by atoms with Gasteiger partial charge in [-0.15, -0.1) is 0 Å². The van der Waals surface area contributed by atoms with Crippen molar-refractivity contribution in [3.8, 4) is 0 Å². The Balaban J connectivity index is 1.61. The maximum absolute atomic E-state index is 12.9. The summed E-state index contributed by atoms with van der Waals surface area (Å²) in [6, 6.07) is 3.75. The van der Waals surface area contributed by atoms with Gasteiger partial charge in [-0.25, -0.2) is 4.79 Å². The summed E-state index contributed by atoms with van der Waals surface area (Å²) in [7, 11) is 1.71. The third-order valence-electron chi connectivity index (χ3n) is 5.42. The third kappa shape index (κ3) is 4.72. The van der Waals surface area contributed by atoms with Gasteiger partial charge in [-0.1, -0.05) is 6.42 Å². The number of nitrogens with one attached hydrogen (secondary N) is 2. The van der Waals surface area contributed by atoms with E-state index in [4.69, 9.17) is 4.74 Å². The number of nitrogens with zero attached hydrogens (tertiary/aromatic N) is 2. The van der Waals surface area contributed by atoms with Gasteiger partial charge in [-0.2, -0.15) is 0 Å². The largest absolute Gasteiger partial charge is 0.384 e. The molecule has 3 rings (SSSR count). The molecular formula is C19H28N4O3. The Hall–Kier alpha value is -2.15. The van der Waals surface area contributed by atoms with E-state index in [2.05, 4.69) is 15.6 Å². The molecule has 1 atom stereocenters. The standard InChI is InChI=1S/C19H28N4O3/c1-26-14-19(7-2-8-19)13-21-18(25)23(11-15-5-9-20-10-6-15)12-16-3-4-17(24)22-16/h5-6,9-10,16H,2-4,7-8,11-14H2,1H3,(H,21,25)(H,22,24)/t16-/m0/s1. The van der Waals surface area contributed by atoms with Gasteiger partial charge >= 0.3 is 6.03 Å². The number of amides is 3. The summed E-state index contributed by atoms with van der Waals surface area (Å²) in [5.74, 6) is 0.0628. The molecule has 2 aliphatic rings. The van der Waals surface area contributed by atoms with Crippen molar-refractivity contribution in [2.24, 2.45) is 5.41 Å². The lowest BCUT2D eigenvalue weighted by Gasteiger charge is -2.41. The van der Waals surface area contributed by atoms with E-state index in [1.54, 1.807) is 24.4 Å². The van der Waals surface area contributed by atoms with Gasteiger partial charge in [0.05, 0.1) is 6.61 Å². The van der Waals surface area contributed by atoms with Crippen LogP contribution in [0.15, 0.2) is 24.5 Å². The van der Waals surface area contributed by atoms with Crippen LogP contribution in [0.1, 0.15) is 37.7 Å². The second kappa shape index (κ2) is 8.49. The van der Waals surface area contributed by atoms with Crippen molar-refractivity contribution >= 4 is 11.9 Å². The Morgan fingerprint density at radius 3 is 2.77 bits per heavy atom. The average molecular weight is 360 g/mol. The second-order valence-corrected chi connectivity index (χ2v) is 7.48. The lowest BCUT2D eigenvalue weighted by atomic mass is 9.69. The number of aromatic nitrogens is 1. The highest BCUT2D eigenvalue weighted by Gasteiger charge is 2.37. The Morgan fingerprint density at radius 1 is 1.42 bits per heavy atom. The fraction of sp³-hybridized carbons (Fsp3) is 0.632. The van der Waals surface area contributed by atoms with Crippen LogP contribution < -0.4 is 10.6 Å². The zero-order chi connectivity index (χ0) is 18.4. The van der Waals surface area contributed by atoms with Gasteiger partial charge in [0.15, 0.2) is 0 Å². The molecule has 142 valence electrons. The van der Waals surface area contributed by atoms with Crippen molar-refractivity contribution in [2.45, 2.75) is 44.7 Å². The molecule has 7 nitrogen and oxygen atoms in total. The first-order valence-electron chi connectivity index (χ1n) is 9.30. The van der Waals surface area contributed by atoms with Crippen LogP contribution in [0, 0.1) is 5.41 Å². The van der Waals surface area contributed by atoms with Gasteiger partial charge in [0.1, 0.15) is 0 Å². The number of rotatable bonds is 8. The van der Waals surface area contributed by atoms with E-state index in [9.17, 15) is 9.59 Å². The normalized spacial score (nSPS) is 21.0. The smallest absolute Gasteiger partial charge is 0.317 e. The summed E-state index contributed by atoms with van der Waals surface area (Å²) in [5.41, 5.74) is 1.10. The van der Waals surface area contributed by atoms with Crippen LogP contribution in [0.2, 0.25) is 0 Å². The van der Waals surface area contributed by atoms with E-state index in [0.717, 1.165) is 24.8 Å². The SMILES string of the molecule is COCC1(CNC(=O)N(Cc2ccncc2)C[C@@H]2CCC(=O)N2)CCC1. The van der Waals surface area contributed by atoms with Crippen molar-refractivity contribution in [1.29, 1.82) is 0 Å². The summed E-state index contributed by atoms with van der Waals surface area (Å²) in [6.07, 6.45) is 8.12. The number of pyridine rings is 1. The van der Waals surface area contributed by atoms with Crippen LogP contribution in [0.25, 0.3) is 0 Å². The van der Waals surface area contributed by atoms with E-state index in [-0.39, 0.29) is 23.4 Å². The molecule has 0 aromatic carbocycles. The molecule has 2 fully saturated rings. The van der Waals surface area contributed by atoms with E-state index in [1.165, 1.54) is 6.42 Å². The molecule has 1 aromatic rings. The van der Waals surface area contributed by atoms with Gasteiger partial charge in [0.25, 0.3) is 0 Å². The minimum absolute atomic E-state index is 0.0201. The van der Waals surface area contributed by atoms with Gasteiger partial charge in [0, 0.05) is 57.0 Å². The van der Waals surface area contributed by atoms with E-state index >= 15 is 0 Å². The predicted molar refractivity (Wildman–Crippen MR) is 97.4 cm³/mol. The lowest BCUT2D eigenvalue weighted by Crippen LogP contribution is -2.51. The van der Waals surface area contributed by atoms with E-state index in [0.29, 0.717) is 32.7 Å². The number of ether oxygens (including phenoxy) is 1. The Bertz CT molecular complexity index is 618. The van der Waals surface area contributed by atoms with Crippen LogP contribution in [-0.4, -0.2) is 54.7 Å². The Kier molecular flexibility index (Phi) is 6.08. The molecule has 0 spiro atoms. The maximum Gasteiger partial charge on any atom is 0.317 e. The van der Waals surface area contributed by atoms with Crippen molar-refractivity contribution in [1.82, 2.24) is 20.5 Å². The number of hydrogen-bond acceptors (Lipinski definition) is 4. The van der Waals surface area contributed by atoms with Crippen LogP contribution in [0.5, 0.6) is 0 Å². The first-order chi connectivity index (χ1) is 12.6. The molecule has 7 heteroatoms. The highest BCUT2D eigenvalue weighted by atomic mass is 16.5. The molecule has 1 saturated heterocycles. The molecule has 0 bridgehead atoms. The summed E-state index contributed by atoms with van der Waals surface area (Å²) in [5, 5.41) is 6.04. The van der Waals surface area contributed by atoms with Crippen molar-refractivity contribution in [3.05, 3.63) is 30.1 Å². The number of methoxy groups -OCH3 is 1. The highest BCUT2D eigenvalue weighted by molar-refractivity contribution is 5.79. The van der Waals surface area contributed by atoms with Crippen LogP contribution in [-0.2, 0) is 16.1 Å². The summed E-state index contributed by atoms with van der Waals surface area (Å²) >= 11 is 0. The molecule has 1 aliphatic heterocycles. The molecule has 0 radical (unpaired) electrons. The topological polar surface area (TPSA) is 83.6 Å². The molecule has 2 N–H and O–H groups in total. The minimum atomic E-state index is -0.0923. The monoisotopic (exact) mass is 360 g/mol. The summed E-state index contributed by atoms with van der Waals surface area (Å²) in [6.45, 7) is 2.31. The van der Waals surface area contributed by atoms with Crippen molar-refractivity contribution in [3.63, 3.8) is 0 Å². The predicted octanol–water partition coefficient (Wildman–Crippen LogP) is 1.69. The van der Waals surface area contributed by atoms with Crippen molar-refractivity contribution in [2.75, 3.05) is 26.8 Å². The highest BCUT2D eigenvalue weighted by Crippen LogP contribution is 2.40. The molecule has 1 saturated carbocycles. The molecule has 3 amide bonds. The molecule has 1 aliphatic carbocycles. The van der Waals surface area contributed by atoms with Gasteiger partial charge in [-0.05, 0) is 37.0 Å². The Labute approximate surface area is 154 Å². The summed E-state index contributed by atoms with van der Waals surface area (Å²) < 4.78 is 5.34. The van der Waals surface area contributed by atoms with Gasteiger partial charge in [-0.3, -0.25) is 9.78 Å². The number of hydrogen-bond donors (Lipinski definition) is 2. The molecule has 1 aromatic heterocycles. The molecular weight excluding hydrogens is 332 g/mol. The minimum Gasteiger partial charge on any atom is -0.384 e. The fourth-order valence-corrected chi connectivity index (χ4v) is 3.74. The molecule has 2 heterocycles. The summed E-state index contributed by atoms with van der Waals surface area (Å²) in [4.78, 5) is 30.2. The fourth-order valence-electron chi connectivity index (χ4n) is 3.74. The quantitative estimate of drug-likeness (QED) is 0.739. The Morgan fingerprint density at radius 2 is 2.19 bits per heavy atom. The van der Waals surface area contributed by atoms with Gasteiger partial charge in [0.2, 0.25) is 5.91 Å². The number of urea groups is 1. The van der Waals surface area contributed by atoms with E-state index < -0.39 is 0 Å². The lowest BCUT2D eigenvalue weighted by molar-refractivity contribution is -0.119. The first-order valence-corrected chi connectivity index (χ1v) is 9.30. The third-order valence-corrected chi connectivity index (χ3v) is 5.42.